The first-order valence-corrected chi connectivity index (χ1v) is 8.02. The smallest absolute Gasteiger partial charge is 0.251 e. The summed E-state index contributed by atoms with van der Waals surface area (Å²) in [5, 5.41) is 7.93. The Morgan fingerprint density at radius 1 is 1.04 bits per heavy atom. The molecule has 0 radical (unpaired) electrons. The van der Waals surface area contributed by atoms with Crippen molar-refractivity contribution < 1.29 is 14.4 Å². The third-order valence-corrected chi connectivity index (χ3v) is 3.49. The van der Waals surface area contributed by atoms with Gasteiger partial charge in [0.2, 0.25) is 11.8 Å². The summed E-state index contributed by atoms with van der Waals surface area (Å²) in [6, 6.07) is 6.34. The van der Waals surface area contributed by atoms with Gasteiger partial charge in [0, 0.05) is 18.7 Å². The van der Waals surface area contributed by atoms with Gasteiger partial charge in [0.1, 0.15) is 0 Å². The molecule has 0 fully saturated rings. The zero-order chi connectivity index (χ0) is 18.1. The third-order valence-electron chi connectivity index (χ3n) is 3.49. The molecule has 5 N–H and O–H groups in total. The van der Waals surface area contributed by atoms with Crippen LogP contribution in [0.4, 0.5) is 0 Å². The highest BCUT2D eigenvalue weighted by Gasteiger charge is 2.17. The minimum Gasteiger partial charge on any atom is -0.352 e. The maximum atomic E-state index is 11.7. The summed E-state index contributed by atoms with van der Waals surface area (Å²) in [4.78, 5) is 35.0. The van der Waals surface area contributed by atoms with E-state index in [0.717, 1.165) is 5.56 Å². The molecule has 1 atom stereocenters. The van der Waals surface area contributed by atoms with Gasteiger partial charge in [-0.05, 0) is 30.5 Å². The molecule has 1 rings (SSSR count). The van der Waals surface area contributed by atoms with Gasteiger partial charge in [-0.2, -0.15) is 0 Å². The fourth-order valence-corrected chi connectivity index (χ4v) is 1.89. The summed E-state index contributed by atoms with van der Waals surface area (Å²) >= 11 is 0. The Balaban J connectivity index is 0.00000576. The number of nitrogens with two attached hydrogens (primary N) is 1. The predicted molar refractivity (Wildman–Crippen MR) is 99.4 cm³/mol. The lowest BCUT2D eigenvalue weighted by atomic mass is 10.1. The molecule has 0 aliphatic heterocycles. The first kappa shape index (κ1) is 22.9. The van der Waals surface area contributed by atoms with Crippen molar-refractivity contribution >= 4 is 30.1 Å². The maximum Gasteiger partial charge on any atom is 0.251 e. The van der Waals surface area contributed by atoms with Crippen LogP contribution in [0.5, 0.6) is 0 Å². The van der Waals surface area contributed by atoms with E-state index < -0.39 is 6.04 Å². The highest BCUT2D eigenvalue weighted by atomic mass is 35.5. The molecule has 25 heavy (non-hydrogen) atoms. The Bertz CT molecular complexity index is 576. The topological polar surface area (TPSA) is 113 Å². The van der Waals surface area contributed by atoms with Crippen molar-refractivity contribution in [2.24, 2.45) is 11.7 Å². The fourth-order valence-electron chi connectivity index (χ4n) is 1.89. The Labute approximate surface area is 154 Å². The SMILES string of the molecule is CCNC(=O)c1ccc(CNC(=O)CNC(=O)[C@@H](N)C(C)C)cc1.Cl. The van der Waals surface area contributed by atoms with Crippen LogP contribution in [0.1, 0.15) is 36.7 Å². The van der Waals surface area contributed by atoms with Crippen LogP contribution in [0.3, 0.4) is 0 Å². The lowest BCUT2D eigenvalue weighted by Gasteiger charge is -2.15. The molecule has 0 aliphatic rings. The summed E-state index contributed by atoms with van der Waals surface area (Å²) < 4.78 is 0. The molecule has 1 aromatic carbocycles. The molecule has 1 aromatic rings. The van der Waals surface area contributed by atoms with Gasteiger partial charge in [0.25, 0.3) is 5.91 Å². The molecule has 0 saturated heterocycles. The van der Waals surface area contributed by atoms with Crippen LogP contribution < -0.4 is 21.7 Å². The summed E-state index contributed by atoms with van der Waals surface area (Å²) in [5.41, 5.74) is 7.13. The predicted octanol–water partition coefficient (Wildman–Crippen LogP) is 0.574. The summed E-state index contributed by atoms with van der Waals surface area (Å²) in [6.45, 7) is 6.32. The van der Waals surface area contributed by atoms with Crippen molar-refractivity contribution in [3.8, 4) is 0 Å². The second-order valence-electron chi connectivity index (χ2n) is 5.82. The molecule has 0 aliphatic carbocycles. The Morgan fingerprint density at radius 3 is 2.16 bits per heavy atom. The molecule has 3 amide bonds. The Kier molecular flexibility index (Phi) is 10.5. The zero-order valence-corrected chi connectivity index (χ0v) is 15.6. The van der Waals surface area contributed by atoms with Gasteiger partial charge in [0.05, 0.1) is 12.6 Å². The van der Waals surface area contributed by atoms with E-state index >= 15 is 0 Å². The number of carbonyl (C=O) groups excluding carboxylic acids is 3. The van der Waals surface area contributed by atoms with E-state index in [9.17, 15) is 14.4 Å². The van der Waals surface area contributed by atoms with Gasteiger partial charge in [-0.1, -0.05) is 26.0 Å². The molecule has 7 nitrogen and oxygen atoms in total. The molecule has 0 heterocycles. The van der Waals surface area contributed by atoms with Crippen molar-refractivity contribution in [1.29, 1.82) is 0 Å². The minimum absolute atomic E-state index is 0. The Morgan fingerprint density at radius 2 is 1.64 bits per heavy atom. The van der Waals surface area contributed by atoms with Gasteiger partial charge in [-0.25, -0.2) is 0 Å². The number of benzene rings is 1. The first-order valence-electron chi connectivity index (χ1n) is 8.02. The van der Waals surface area contributed by atoms with Crippen LogP contribution in [0, 0.1) is 5.92 Å². The van der Waals surface area contributed by atoms with Crippen LogP contribution in [-0.4, -0.2) is 36.9 Å². The van der Waals surface area contributed by atoms with Gasteiger partial charge in [-0.3, -0.25) is 14.4 Å². The number of rotatable bonds is 8. The van der Waals surface area contributed by atoms with E-state index in [2.05, 4.69) is 16.0 Å². The van der Waals surface area contributed by atoms with E-state index in [1.54, 1.807) is 24.3 Å². The Hall–Kier alpha value is -2.12. The van der Waals surface area contributed by atoms with Crippen LogP contribution in [0.25, 0.3) is 0 Å². The minimum atomic E-state index is -0.625. The number of amides is 3. The van der Waals surface area contributed by atoms with Crippen LogP contribution in [0.2, 0.25) is 0 Å². The van der Waals surface area contributed by atoms with Crippen molar-refractivity contribution in [2.75, 3.05) is 13.1 Å². The molecule has 140 valence electrons. The molecular formula is C17H27ClN4O3. The lowest BCUT2D eigenvalue weighted by molar-refractivity contribution is -0.127. The number of halogens is 1. The van der Waals surface area contributed by atoms with Gasteiger partial charge >= 0.3 is 0 Å². The summed E-state index contributed by atoms with van der Waals surface area (Å²) in [7, 11) is 0. The van der Waals surface area contributed by atoms with Crippen LogP contribution >= 0.6 is 12.4 Å². The molecule has 8 heteroatoms. The number of hydrogen-bond acceptors (Lipinski definition) is 4. The molecular weight excluding hydrogens is 344 g/mol. The van der Waals surface area contributed by atoms with Crippen molar-refractivity contribution in [3.05, 3.63) is 35.4 Å². The van der Waals surface area contributed by atoms with E-state index in [1.165, 1.54) is 0 Å². The normalized spacial score (nSPS) is 11.2. The molecule has 0 bridgehead atoms. The first-order chi connectivity index (χ1) is 11.3. The van der Waals surface area contributed by atoms with E-state index in [1.807, 2.05) is 20.8 Å². The van der Waals surface area contributed by atoms with Gasteiger partial charge in [-0.15, -0.1) is 12.4 Å². The average Bonchev–Trinajstić information content (AvgIpc) is 2.57. The van der Waals surface area contributed by atoms with Gasteiger partial charge < -0.3 is 21.7 Å². The zero-order valence-electron chi connectivity index (χ0n) is 14.8. The number of nitrogens with one attached hydrogen (secondary N) is 3. The van der Waals surface area contributed by atoms with E-state index in [-0.39, 0.29) is 42.6 Å². The second-order valence-corrected chi connectivity index (χ2v) is 5.82. The lowest BCUT2D eigenvalue weighted by Crippen LogP contribution is -2.47. The standard InChI is InChI=1S/C17H26N4O3.ClH/c1-4-19-16(23)13-7-5-12(6-8-13)9-20-14(22)10-21-17(24)15(18)11(2)3;/h5-8,11,15H,4,9-10,18H2,1-3H3,(H,19,23)(H,20,22)(H,21,24);1H/t15-;/m0./s1. The summed E-state index contributed by atoms with van der Waals surface area (Å²) in [6.07, 6.45) is 0. The average molecular weight is 371 g/mol. The van der Waals surface area contributed by atoms with Crippen LogP contribution in [0.15, 0.2) is 24.3 Å². The largest absolute Gasteiger partial charge is 0.352 e. The molecule has 0 aromatic heterocycles. The monoisotopic (exact) mass is 370 g/mol. The van der Waals surface area contributed by atoms with Crippen LogP contribution in [-0.2, 0) is 16.1 Å². The van der Waals surface area contributed by atoms with E-state index in [0.29, 0.717) is 18.7 Å². The quantitative estimate of drug-likeness (QED) is 0.535. The van der Waals surface area contributed by atoms with Gasteiger partial charge in [0.15, 0.2) is 0 Å². The number of hydrogen-bond donors (Lipinski definition) is 4. The second kappa shape index (κ2) is 11.4. The highest BCUT2D eigenvalue weighted by Crippen LogP contribution is 2.04. The number of carbonyl (C=O) groups is 3. The molecule has 0 saturated carbocycles. The van der Waals surface area contributed by atoms with Crippen molar-refractivity contribution in [2.45, 2.75) is 33.4 Å². The molecule has 0 unspecified atom stereocenters. The van der Waals surface area contributed by atoms with E-state index in [4.69, 9.17) is 5.73 Å². The van der Waals surface area contributed by atoms with Crippen molar-refractivity contribution in [3.63, 3.8) is 0 Å². The van der Waals surface area contributed by atoms with Crippen molar-refractivity contribution in [1.82, 2.24) is 16.0 Å². The fraction of sp³-hybridized carbons (Fsp3) is 0.471. The maximum absolute atomic E-state index is 11.7. The third kappa shape index (κ3) is 8.00. The molecule has 0 spiro atoms. The summed E-state index contributed by atoms with van der Waals surface area (Å²) in [5.74, 6) is -0.757. The highest BCUT2D eigenvalue weighted by molar-refractivity contribution is 5.94.